The van der Waals surface area contributed by atoms with Crippen molar-refractivity contribution in [3.8, 4) is 33.4 Å². The van der Waals surface area contributed by atoms with Crippen LogP contribution >= 0.6 is 0 Å². The van der Waals surface area contributed by atoms with Gasteiger partial charge in [0.05, 0.1) is 16.6 Å². The van der Waals surface area contributed by atoms with Gasteiger partial charge in [0.25, 0.3) is 0 Å². The summed E-state index contributed by atoms with van der Waals surface area (Å²) in [5, 5.41) is 10.9. The van der Waals surface area contributed by atoms with Crippen LogP contribution in [0.5, 0.6) is 0 Å². The topological polar surface area (TPSA) is 38.7 Å². The molecule has 0 aliphatic carbocycles. The highest BCUT2D eigenvalue weighted by Crippen LogP contribution is 2.47. The van der Waals surface area contributed by atoms with Crippen LogP contribution in [-0.2, 0) is 0 Å². The highest BCUT2D eigenvalue weighted by molar-refractivity contribution is 6.30. The Labute approximate surface area is 271 Å². The number of hydrogen-bond donors (Lipinski definition) is 0. The number of benzene rings is 7. The number of para-hydroxylation sites is 3. The largest absolute Gasteiger partial charge is 0.256 e. The monoisotopic (exact) mass is 597 g/mol. The Kier molecular flexibility index (Phi) is 5.49. The van der Waals surface area contributed by atoms with Gasteiger partial charge in [-0.3, -0.25) is 15.0 Å². The second-order valence-corrected chi connectivity index (χ2v) is 12.5. The van der Waals surface area contributed by atoms with Crippen molar-refractivity contribution in [2.45, 2.75) is 6.92 Å². The molecule has 0 spiro atoms. The zero-order chi connectivity index (χ0) is 31.1. The molecular weight excluding hydrogens is 571 g/mol. The van der Waals surface area contributed by atoms with E-state index in [1.807, 2.05) is 36.8 Å². The summed E-state index contributed by atoms with van der Waals surface area (Å²) in [5.74, 6) is 0. The Morgan fingerprint density at radius 2 is 0.723 bits per heavy atom. The summed E-state index contributed by atoms with van der Waals surface area (Å²) >= 11 is 0. The van der Waals surface area contributed by atoms with E-state index in [2.05, 4.69) is 116 Å². The highest BCUT2D eigenvalue weighted by atomic mass is 14.7. The molecule has 218 valence electrons. The lowest BCUT2D eigenvalue weighted by Crippen LogP contribution is -1.95. The smallest absolute Gasteiger partial charge is 0.0702 e. The van der Waals surface area contributed by atoms with Crippen LogP contribution in [0.15, 0.2) is 146 Å². The lowest BCUT2D eigenvalue weighted by molar-refractivity contribution is 1.40. The van der Waals surface area contributed by atoms with Gasteiger partial charge >= 0.3 is 0 Å². The second kappa shape index (κ2) is 9.90. The molecule has 3 nitrogen and oxygen atoms in total. The maximum atomic E-state index is 4.88. The lowest BCUT2D eigenvalue weighted by Gasteiger charge is -2.20. The van der Waals surface area contributed by atoms with E-state index in [0.717, 1.165) is 49.4 Å². The number of pyridine rings is 3. The van der Waals surface area contributed by atoms with E-state index in [1.54, 1.807) is 0 Å². The zero-order valence-electron chi connectivity index (χ0n) is 25.7. The predicted octanol–water partition coefficient (Wildman–Crippen LogP) is 11.5. The van der Waals surface area contributed by atoms with E-state index in [-0.39, 0.29) is 0 Å². The maximum absolute atomic E-state index is 4.88. The molecule has 0 saturated heterocycles. The van der Waals surface area contributed by atoms with Crippen molar-refractivity contribution < 1.29 is 0 Å². The molecule has 0 aliphatic rings. The molecule has 3 aromatic heterocycles. The van der Waals surface area contributed by atoms with Gasteiger partial charge in [-0.05, 0) is 104 Å². The molecule has 0 amide bonds. The molecule has 3 heteroatoms. The van der Waals surface area contributed by atoms with Crippen LogP contribution < -0.4 is 0 Å². The summed E-state index contributed by atoms with van der Waals surface area (Å²) in [5.41, 5.74) is 11.1. The van der Waals surface area contributed by atoms with Gasteiger partial charge in [0.1, 0.15) is 0 Å². The average molecular weight is 598 g/mol. The van der Waals surface area contributed by atoms with Crippen LogP contribution in [0.2, 0.25) is 0 Å². The van der Waals surface area contributed by atoms with Crippen LogP contribution in [0.3, 0.4) is 0 Å². The quantitative estimate of drug-likeness (QED) is 0.190. The molecular formula is C44H27N3. The SMILES string of the molecule is Cc1cc(-c2cnc3ccccc3c2)c2ccc3c(-c4cnc5ccccc5c4)cc(-c4cnc5ccccc5c4)c4ccc1c2c43. The predicted molar refractivity (Wildman–Crippen MR) is 197 cm³/mol. The molecule has 3 heterocycles. The van der Waals surface area contributed by atoms with Gasteiger partial charge in [-0.15, -0.1) is 0 Å². The molecule has 0 bridgehead atoms. The molecule has 0 unspecified atom stereocenters. The first-order valence-corrected chi connectivity index (χ1v) is 16.0. The molecule has 7 aromatic carbocycles. The van der Waals surface area contributed by atoms with Crippen molar-refractivity contribution in [1.29, 1.82) is 0 Å². The summed E-state index contributed by atoms with van der Waals surface area (Å²) < 4.78 is 0. The Hall–Kier alpha value is -6.19. The minimum atomic E-state index is 0.997. The van der Waals surface area contributed by atoms with Crippen LogP contribution in [0.4, 0.5) is 0 Å². The molecule has 10 aromatic rings. The van der Waals surface area contributed by atoms with Gasteiger partial charge in [0, 0.05) is 51.4 Å². The third-order valence-electron chi connectivity index (χ3n) is 9.81. The van der Waals surface area contributed by atoms with Gasteiger partial charge in [0.15, 0.2) is 0 Å². The number of rotatable bonds is 3. The number of fused-ring (bicyclic) bond motifs is 3. The number of hydrogen-bond acceptors (Lipinski definition) is 3. The molecule has 0 aliphatic heterocycles. The summed E-state index contributed by atoms with van der Waals surface area (Å²) in [7, 11) is 0. The number of aromatic nitrogens is 3. The Morgan fingerprint density at radius 3 is 1.17 bits per heavy atom. The van der Waals surface area contributed by atoms with Gasteiger partial charge in [0.2, 0.25) is 0 Å². The van der Waals surface area contributed by atoms with E-state index < -0.39 is 0 Å². The second-order valence-electron chi connectivity index (χ2n) is 12.5. The minimum Gasteiger partial charge on any atom is -0.256 e. The summed E-state index contributed by atoms with van der Waals surface area (Å²) in [6, 6.07) is 45.7. The van der Waals surface area contributed by atoms with Gasteiger partial charge in [-0.2, -0.15) is 0 Å². The van der Waals surface area contributed by atoms with E-state index in [0.29, 0.717) is 0 Å². The summed E-state index contributed by atoms with van der Waals surface area (Å²) in [4.78, 5) is 14.6. The van der Waals surface area contributed by atoms with Crippen molar-refractivity contribution in [1.82, 2.24) is 15.0 Å². The lowest BCUT2D eigenvalue weighted by atomic mass is 9.83. The average Bonchev–Trinajstić information content (AvgIpc) is 3.13. The highest BCUT2D eigenvalue weighted by Gasteiger charge is 2.20. The maximum Gasteiger partial charge on any atom is 0.0702 e. The number of aryl methyl sites for hydroxylation is 1. The van der Waals surface area contributed by atoms with E-state index >= 15 is 0 Å². The molecule has 0 N–H and O–H groups in total. The fourth-order valence-electron chi connectivity index (χ4n) is 7.54. The van der Waals surface area contributed by atoms with Crippen LogP contribution in [0.1, 0.15) is 5.56 Å². The van der Waals surface area contributed by atoms with Crippen molar-refractivity contribution in [3.63, 3.8) is 0 Å². The van der Waals surface area contributed by atoms with Crippen molar-refractivity contribution >= 4 is 65.0 Å². The van der Waals surface area contributed by atoms with Crippen molar-refractivity contribution in [2.24, 2.45) is 0 Å². The fraction of sp³-hybridized carbons (Fsp3) is 0.0227. The normalized spacial score (nSPS) is 11.9. The fourth-order valence-corrected chi connectivity index (χ4v) is 7.54. The van der Waals surface area contributed by atoms with Crippen molar-refractivity contribution in [3.05, 3.63) is 152 Å². The van der Waals surface area contributed by atoms with E-state index in [9.17, 15) is 0 Å². The van der Waals surface area contributed by atoms with Crippen LogP contribution in [-0.4, -0.2) is 15.0 Å². The number of nitrogens with zero attached hydrogens (tertiary/aromatic N) is 3. The first-order chi connectivity index (χ1) is 23.2. The minimum absolute atomic E-state index is 0.997. The molecule has 47 heavy (non-hydrogen) atoms. The molecule has 10 rings (SSSR count). The summed E-state index contributed by atoms with van der Waals surface area (Å²) in [6.07, 6.45) is 6.06. The summed E-state index contributed by atoms with van der Waals surface area (Å²) in [6.45, 7) is 2.23. The Morgan fingerprint density at radius 1 is 0.362 bits per heavy atom. The molecule has 0 saturated carbocycles. The zero-order valence-corrected chi connectivity index (χ0v) is 25.7. The van der Waals surface area contributed by atoms with E-state index in [4.69, 9.17) is 15.0 Å². The standard InChI is InChI=1S/C44H27N3/c1-26-18-37(30-19-27-8-2-5-11-40(27)45-23-30)34-16-17-36-39(32-21-29-10-4-7-13-42(29)47-25-32)22-38(35-15-14-33(26)43(34)44(35)36)31-20-28-9-3-6-12-41(28)46-24-31/h2-25H,1H3. The third-order valence-corrected chi connectivity index (χ3v) is 9.81. The first kappa shape index (κ1) is 26.1. The third kappa shape index (κ3) is 3.96. The first-order valence-electron chi connectivity index (χ1n) is 16.0. The van der Waals surface area contributed by atoms with Crippen molar-refractivity contribution in [2.75, 3.05) is 0 Å². The van der Waals surface area contributed by atoms with E-state index in [1.165, 1.54) is 54.6 Å². The van der Waals surface area contributed by atoms with Gasteiger partial charge in [-0.1, -0.05) is 84.9 Å². The Balaban J connectivity index is 1.33. The molecule has 0 radical (unpaired) electrons. The molecule has 0 atom stereocenters. The molecule has 0 fully saturated rings. The van der Waals surface area contributed by atoms with Gasteiger partial charge in [-0.25, -0.2) is 0 Å². The Bertz CT molecular complexity index is 2770. The van der Waals surface area contributed by atoms with Crippen LogP contribution in [0, 0.1) is 6.92 Å². The van der Waals surface area contributed by atoms with Crippen LogP contribution in [0.25, 0.3) is 98.4 Å². The van der Waals surface area contributed by atoms with Gasteiger partial charge < -0.3 is 0 Å².